The van der Waals surface area contributed by atoms with Crippen LogP contribution in [0.15, 0.2) is 76.0 Å². The number of nitrogens with zero attached hydrogens (tertiary/aromatic N) is 2. The zero-order chi connectivity index (χ0) is 21.4. The number of nitrogens with one attached hydrogen (secondary N) is 1. The molecule has 3 heterocycles. The van der Waals surface area contributed by atoms with E-state index in [1.807, 2.05) is 18.2 Å². The van der Waals surface area contributed by atoms with Crippen LogP contribution in [0.3, 0.4) is 0 Å². The smallest absolute Gasteiger partial charge is 0.253 e. The molecule has 0 unspecified atom stereocenters. The standard InChI is InChI=1S/C25H23N3OS2/c1-16-9-11-18(12-10-16)22-14-21(23-8-5-13-30-23)27-28(22)24(29)15-31-25-17(2)26-20-7-4-3-6-19(20)25/h3-13,22,26H,14-15H2,1-2H3/t22-/m1/s1. The Balaban J connectivity index is 1.41. The van der Waals surface area contributed by atoms with E-state index >= 15 is 0 Å². The monoisotopic (exact) mass is 445 g/mol. The second-order valence-electron chi connectivity index (χ2n) is 7.81. The second-order valence-corrected chi connectivity index (χ2v) is 9.74. The molecule has 31 heavy (non-hydrogen) atoms. The van der Waals surface area contributed by atoms with Crippen LogP contribution in [-0.4, -0.2) is 27.4 Å². The number of aromatic nitrogens is 1. The van der Waals surface area contributed by atoms with Crippen molar-refractivity contribution in [1.82, 2.24) is 9.99 Å². The molecule has 2 aromatic carbocycles. The van der Waals surface area contributed by atoms with Gasteiger partial charge in [0.2, 0.25) is 0 Å². The lowest BCUT2D eigenvalue weighted by atomic mass is 10.00. The second kappa shape index (κ2) is 8.36. The summed E-state index contributed by atoms with van der Waals surface area (Å²) < 4.78 is 0. The molecule has 0 radical (unpaired) electrons. The minimum atomic E-state index is -0.0603. The number of para-hydroxylation sites is 1. The van der Waals surface area contributed by atoms with Gasteiger partial charge in [-0.3, -0.25) is 4.79 Å². The number of carbonyl (C=O) groups is 1. The van der Waals surface area contributed by atoms with Gasteiger partial charge in [0.15, 0.2) is 0 Å². The molecular weight excluding hydrogens is 422 g/mol. The summed E-state index contributed by atoms with van der Waals surface area (Å²) in [5.41, 5.74) is 5.53. The number of carbonyl (C=O) groups excluding carboxylic acids is 1. The van der Waals surface area contributed by atoms with E-state index in [9.17, 15) is 4.79 Å². The molecule has 1 amide bonds. The first-order valence-corrected chi connectivity index (χ1v) is 12.2. The minimum absolute atomic E-state index is 0.0341. The van der Waals surface area contributed by atoms with Gasteiger partial charge in [-0.15, -0.1) is 23.1 Å². The van der Waals surface area contributed by atoms with E-state index in [0.29, 0.717) is 5.75 Å². The number of H-pyrrole nitrogens is 1. The highest BCUT2D eigenvalue weighted by atomic mass is 32.2. The molecule has 0 fully saturated rings. The lowest BCUT2D eigenvalue weighted by molar-refractivity contribution is -0.130. The average Bonchev–Trinajstić information content (AvgIpc) is 3.51. The van der Waals surface area contributed by atoms with Crippen LogP contribution in [0.5, 0.6) is 0 Å². The molecule has 5 rings (SSSR count). The van der Waals surface area contributed by atoms with E-state index in [2.05, 4.69) is 66.7 Å². The molecule has 0 bridgehead atoms. The van der Waals surface area contributed by atoms with Crippen LogP contribution in [0.4, 0.5) is 0 Å². The van der Waals surface area contributed by atoms with Gasteiger partial charge in [0.25, 0.3) is 5.91 Å². The summed E-state index contributed by atoms with van der Waals surface area (Å²) in [6.07, 6.45) is 0.742. The summed E-state index contributed by atoms with van der Waals surface area (Å²) >= 11 is 3.26. The molecule has 4 aromatic rings. The van der Waals surface area contributed by atoms with Crippen molar-refractivity contribution in [2.75, 3.05) is 5.75 Å². The van der Waals surface area contributed by atoms with Crippen molar-refractivity contribution >= 4 is 45.6 Å². The maximum absolute atomic E-state index is 13.3. The largest absolute Gasteiger partial charge is 0.358 e. The fourth-order valence-corrected chi connectivity index (χ4v) is 5.74. The first-order chi connectivity index (χ1) is 15.1. The van der Waals surface area contributed by atoms with Crippen molar-refractivity contribution in [3.8, 4) is 0 Å². The Kier molecular flexibility index (Phi) is 5.42. The molecule has 2 aromatic heterocycles. The molecule has 1 aliphatic heterocycles. The topological polar surface area (TPSA) is 48.5 Å². The number of aryl methyl sites for hydroxylation is 2. The summed E-state index contributed by atoms with van der Waals surface area (Å²) in [4.78, 5) is 19.0. The number of hydrazone groups is 1. The Morgan fingerprint density at radius 3 is 2.71 bits per heavy atom. The fraction of sp³-hybridized carbons (Fsp3) is 0.200. The van der Waals surface area contributed by atoms with Crippen molar-refractivity contribution in [2.24, 2.45) is 5.10 Å². The Morgan fingerprint density at radius 1 is 1.13 bits per heavy atom. The van der Waals surface area contributed by atoms with Gasteiger partial charge in [-0.2, -0.15) is 5.10 Å². The van der Waals surface area contributed by atoms with Crippen molar-refractivity contribution < 1.29 is 4.79 Å². The highest BCUT2D eigenvalue weighted by molar-refractivity contribution is 8.00. The van der Waals surface area contributed by atoms with Gasteiger partial charge in [0.05, 0.1) is 22.4 Å². The van der Waals surface area contributed by atoms with Crippen LogP contribution < -0.4 is 0 Å². The maximum atomic E-state index is 13.3. The van der Waals surface area contributed by atoms with Crippen LogP contribution in [0.1, 0.15) is 34.2 Å². The van der Waals surface area contributed by atoms with Crippen LogP contribution in [-0.2, 0) is 4.79 Å². The number of hydrogen-bond donors (Lipinski definition) is 1. The maximum Gasteiger partial charge on any atom is 0.253 e. The van der Waals surface area contributed by atoms with Gasteiger partial charge >= 0.3 is 0 Å². The van der Waals surface area contributed by atoms with Crippen LogP contribution in [0.25, 0.3) is 10.9 Å². The van der Waals surface area contributed by atoms with Gasteiger partial charge < -0.3 is 4.98 Å². The number of thioether (sulfide) groups is 1. The van der Waals surface area contributed by atoms with Crippen molar-refractivity contribution in [3.05, 3.63) is 87.7 Å². The van der Waals surface area contributed by atoms with Gasteiger partial charge in [0.1, 0.15) is 0 Å². The summed E-state index contributed by atoms with van der Waals surface area (Å²) in [5.74, 6) is 0.388. The highest BCUT2D eigenvalue weighted by Crippen LogP contribution is 2.36. The van der Waals surface area contributed by atoms with Gasteiger partial charge in [-0.1, -0.05) is 54.1 Å². The number of amides is 1. The molecular formula is C25H23N3OS2. The van der Waals surface area contributed by atoms with Crippen LogP contribution in [0.2, 0.25) is 0 Å². The predicted molar refractivity (Wildman–Crippen MR) is 130 cm³/mol. The van der Waals surface area contributed by atoms with Gasteiger partial charge in [-0.25, -0.2) is 5.01 Å². The zero-order valence-corrected chi connectivity index (χ0v) is 19.1. The number of hydrogen-bond acceptors (Lipinski definition) is 4. The summed E-state index contributed by atoms with van der Waals surface area (Å²) in [5, 5.41) is 9.71. The van der Waals surface area contributed by atoms with Crippen molar-refractivity contribution in [3.63, 3.8) is 0 Å². The van der Waals surface area contributed by atoms with Gasteiger partial charge in [0, 0.05) is 27.9 Å². The molecule has 4 nitrogen and oxygen atoms in total. The SMILES string of the molecule is Cc1ccc([C@H]2CC(c3cccs3)=NN2C(=O)CSc2c(C)[nH]c3ccccc23)cc1. The van der Waals surface area contributed by atoms with Crippen molar-refractivity contribution in [1.29, 1.82) is 0 Å². The Labute approximate surface area is 190 Å². The van der Waals surface area contributed by atoms with E-state index in [0.717, 1.165) is 44.1 Å². The summed E-state index contributed by atoms with van der Waals surface area (Å²) in [7, 11) is 0. The number of rotatable bonds is 5. The highest BCUT2D eigenvalue weighted by Gasteiger charge is 2.33. The first kappa shape index (κ1) is 20.1. The molecule has 6 heteroatoms. The third kappa shape index (κ3) is 3.93. The fourth-order valence-electron chi connectivity index (χ4n) is 4.02. The number of fused-ring (bicyclic) bond motifs is 1. The van der Waals surface area contributed by atoms with Crippen molar-refractivity contribution in [2.45, 2.75) is 31.2 Å². The average molecular weight is 446 g/mol. The molecule has 156 valence electrons. The van der Waals surface area contributed by atoms with E-state index in [-0.39, 0.29) is 11.9 Å². The van der Waals surface area contributed by atoms with Crippen LogP contribution >= 0.6 is 23.1 Å². The van der Waals surface area contributed by atoms with E-state index in [1.54, 1.807) is 28.1 Å². The third-order valence-electron chi connectivity index (χ3n) is 5.61. The molecule has 0 spiro atoms. The lowest BCUT2D eigenvalue weighted by Crippen LogP contribution is -2.28. The first-order valence-electron chi connectivity index (χ1n) is 10.3. The molecule has 1 aliphatic rings. The number of aromatic amines is 1. The Morgan fingerprint density at radius 2 is 1.94 bits per heavy atom. The molecule has 1 atom stereocenters. The normalized spacial score (nSPS) is 16.1. The minimum Gasteiger partial charge on any atom is -0.358 e. The van der Waals surface area contributed by atoms with Gasteiger partial charge in [-0.05, 0) is 36.9 Å². The molecule has 0 saturated heterocycles. The van der Waals surface area contributed by atoms with Crippen LogP contribution in [0, 0.1) is 13.8 Å². The quantitative estimate of drug-likeness (QED) is 0.366. The zero-order valence-electron chi connectivity index (χ0n) is 17.5. The molecule has 0 aliphatic carbocycles. The number of benzene rings is 2. The lowest BCUT2D eigenvalue weighted by Gasteiger charge is -2.22. The molecule has 1 N–H and O–H groups in total. The third-order valence-corrected chi connectivity index (χ3v) is 7.73. The van der Waals surface area contributed by atoms with E-state index < -0.39 is 0 Å². The Bertz CT molecular complexity index is 1260. The number of thiophene rings is 1. The van der Waals surface area contributed by atoms with E-state index in [1.165, 1.54) is 5.56 Å². The summed E-state index contributed by atoms with van der Waals surface area (Å²) in [6.45, 7) is 4.14. The summed E-state index contributed by atoms with van der Waals surface area (Å²) in [6, 6.07) is 20.7. The predicted octanol–water partition coefficient (Wildman–Crippen LogP) is 6.32. The molecule has 0 saturated carbocycles. The Hall–Kier alpha value is -2.83. The van der Waals surface area contributed by atoms with E-state index in [4.69, 9.17) is 5.10 Å².